The van der Waals surface area contributed by atoms with Crippen molar-refractivity contribution in [2.75, 3.05) is 5.32 Å². The Morgan fingerprint density at radius 2 is 2.17 bits per heavy atom. The van der Waals surface area contributed by atoms with Crippen LogP contribution in [0.4, 0.5) is 5.69 Å². The van der Waals surface area contributed by atoms with Crippen LogP contribution in [-0.4, -0.2) is 31.1 Å². The van der Waals surface area contributed by atoms with Gasteiger partial charge in [0.25, 0.3) is 11.1 Å². The highest BCUT2D eigenvalue weighted by atomic mass is 32.2. The van der Waals surface area contributed by atoms with E-state index in [2.05, 4.69) is 20.6 Å². The highest BCUT2D eigenvalue weighted by Gasteiger charge is 2.21. The molecule has 0 aromatic carbocycles. The molecule has 0 radical (unpaired) electrons. The lowest BCUT2D eigenvalue weighted by Crippen LogP contribution is -2.23. The molecular weight excluding hydrogens is 330 g/mol. The standard InChI is InChI=1S/C15H17N5O3S/c1-8-12(9(2)20(4)19-8)16-13(21)10(3)24-15-18-17-14(23-15)11-6-5-7-22-11/h5-7,10H,1-4H3,(H,16,21)/t10-/m1/s1. The number of amides is 1. The number of hydrogen-bond donors (Lipinski definition) is 1. The predicted molar refractivity (Wildman–Crippen MR) is 88.6 cm³/mol. The number of furan rings is 1. The molecule has 1 atom stereocenters. The van der Waals surface area contributed by atoms with Crippen LogP contribution in [0.3, 0.4) is 0 Å². The zero-order chi connectivity index (χ0) is 17.3. The minimum atomic E-state index is -0.408. The van der Waals surface area contributed by atoms with Crippen LogP contribution < -0.4 is 5.32 Å². The second-order valence-electron chi connectivity index (χ2n) is 5.27. The maximum Gasteiger partial charge on any atom is 0.284 e. The van der Waals surface area contributed by atoms with Gasteiger partial charge < -0.3 is 14.2 Å². The first-order chi connectivity index (χ1) is 11.5. The highest BCUT2D eigenvalue weighted by Crippen LogP contribution is 2.27. The lowest BCUT2D eigenvalue weighted by Gasteiger charge is -2.10. The summed E-state index contributed by atoms with van der Waals surface area (Å²) in [6.07, 6.45) is 1.53. The summed E-state index contributed by atoms with van der Waals surface area (Å²) < 4.78 is 12.4. The molecule has 0 aliphatic rings. The van der Waals surface area contributed by atoms with E-state index < -0.39 is 5.25 Å². The van der Waals surface area contributed by atoms with Crippen LogP contribution in [0.2, 0.25) is 0 Å². The van der Waals surface area contributed by atoms with Gasteiger partial charge in [0, 0.05) is 7.05 Å². The average Bonchev–Trinajstić information content (AvgIpc) is 3.25. The molecule has 1 amide bonds. The Labute approximate surface area is 142 Å². The summed E-state index contributed by atoms with van der Waals surface area (Å²) in [7, 11) is 1.84. The Kier molecular flexibility index (Phi) is 4.43. The number of carbonyl (C=O) groups excluding carboxylic acids is 1. The summed E-state index contributed by atoms with van der Waals surface area (Å²) in [6, 6.07) is 3.47. The van der Waals surface area contributed by atoms with Gasteiger partial charge in [-0.3, -0.25) is 9.48 Å². The van der Waals surface area contributed by atoms with Crippen LogP contribution in [0.15, 0.2) is 32.5 Å². The quantitative estimate of drug-likeness (QED) is 0.708. The number of carbonyl (C=O) groups is 1. The smallest absolute Gasteiger partial charge is 0.284 e. The maximum atomic E-state index is 12.4. The first-order valence-corrected chi connectivity index (χ1v) is 8.18. The fourth-order valence-corrected chi connectivity index (χ4v) is 2.82. The Balaban J connectivity index is 1.66. The molecule has 9 heteroatoms. The van der Waals surface area contributed by atoms with E-state index in [4.69, 9.17) is 8.83 Å². The normalized spacial score (nSPS) is 12.3. The molecule has 0 saturated carbocycles. The molecule has 24 heavy (non-hydrogen) atoms. The van der Waals surface area contributed by atoms with Crippen LogP contribution in [0.1, 0.15) is 18.3 Å². The van der Waals surface area contributed by atoms with E-state index in [0.29, 0.717) is 11.0 Å². The number of rotatable bonds is 5. The van der Waals surface area contributed by atoms with E-state index in [1.807, 2.05) is 20.9 Å². The topological polar surface area (TPSA) is 99.0 Å². The number of thioether (sulfide) groups is 1. The monoisotopic (exact) mass is 347 g/mol. The number of nitrogens with one attached hydrogen (secondary N) is 1. The molecule has 1 N–H and O–H groups in total. The van der Waals surface area contributed by atoms with Crippen LogP contribution in [0, 0.1) is 13.8 Å². The molecule has 0 spiro atoms. The van der Waals surface area contributed by atoms with Crippen molar-refractivity contribution in [1.82, 2.24) is 20.0 Å². The van der Waals surface area contributed by atoms with Crippen LogP contribution in [0.25, 0.3) is 11.7 Å². The Hall–Kier alpha value is -2.55. The van der Waals surface area contributed by atoms with Crippen molar-refractivity contribution in [2.45, 2.75) is 31.2 Å². The van der Waals surface area contributed by atoms with Crippen molar-refractivity contribution >= 4 is 23.4 Å². The first kappa shape index (κ1) is 16.3. The molecule has 3 rings (SSSR count). The number of nitrogens with zero attached hydrogens (tertiary/aromatic N) is 4. The maximum absolute atomic E-state index is 12.4. The van der Waals surface area contributed by atoms with Gasteiger partial charge in [-0.25, -0.2) is 0 Å². The van der Waals surface area contributed by atoms with Crippen molar-refractivity contribution < 1.29 is 13.6 Å². The summed E-state index contributed by atoms with van der Waals surface area (Å²) in [6.45, 7) is 5.53. The Morgan fingerprint density at radius 3 is 2.79 bits per heavy atom. The molecule has 3 aromatic heterocycles. The molecule has 0 saturated heterocycles. The van der Waals surface area contributed by atoms with Crippen LogP contribution in [-0.2, 0) is 11.8 Å². The van der Waals surface area contributed by atoms with Gasteiger partial charge in [0.15, 0.2) is 5.76 Å². The molecular formula is C15H17N5O3S. The number of anilines is 1. The molecule has 0 bridgehead atoms. The van der Waals surface area contributed by atoms with Crippen molar-refractivity contribution in [3.63, 3.8) is 0 Å². The molecule has 3 aromatic rings. The molecule has 0 aliphatic heterocycles. The first-order valence-electron chi connectivity index (χ1n) is 7.31. The molecule has 0 unspecified atom stereocenters. The van der Waals surface area contributed by atoms with Gasteiger partial charge >= 0.3 is 0 Å². The predicted octanol–water partition coefficient (Wildman–Crippen LogP) is 2.80. The lowest BCUT2D eigenvalue weighted by atomic mass is 10.3. The zero-order valence-electron chi connectivity index (χ0n) is 13.7. The van der Waals surface area contributed by atoms with Crippen molar-refractivity contribution in [1.29, 1.82) is 0 Å². The SMILES string of the molecule is Cc1nn(C)c(C)c1NC(=O)[C@@H](C)Sc1nnc(-c2ccco2)o1. The molecule has 0 aliphatic carbocycles. The van der Waals surface area contributed by atoms with Crippen LogP contribution in [0.5, 0.6) is 0 Å². The number of aromatic nitrogens is 4. The van der Waals surface area contributed by atoms with Crippen LogP contribution >= 0.6 is 11.8 Å². The Morgan fingerprint density at radius 1 is 1.38 bits per heavy atom. The van der Waals surface area contributed by atoms with Crippen molar-refractivity contribution in [2.24, 2.45) is 7.05 Å². The van der Waals surface area contributed by atoms with Crippen molar-refractivity contribution in [3.05, 3.63) is 29.8 Å². The second-order valence-corrected chi connectivity index (χ2v) is 6.56. The van der Waals surface area contributed by atoms with E-state index in [1.165, 1.54) is 18.0 Å². The molecule has 0 fully saturated rings. The Bertz CT molecular complexity index is 853. The fraction of sp³-hybridized carbons (Fsp3) is 0.333. The van der Waals surface area contributed by atoms with E-state index in [0.717, 1.165) is 17.1 Å². The third-order valence-electron chi connectivity index (χ3n) is 3.54. The van der Waals surface area contributed by atoms with E-state index in [1.54, 1.807) is 23.7 Å². The van der Waals surface area contributed by atoms with Gasteiger partial charge in [0.05, 0.1) is 28.6 Å². The molecule has 3 heterocycles. The summed E-state index contributed by atoms with van der Waals surface area (Å²) >= 11 is 1.19. The van der Waals surface area contributed by atoms with Gasteiger partial charge in [0.2, 0.25) is 5.91 Å². The number of aryl methyl sites for hydroxylation is 2. The minimum absolute atomic E-state index is 0.156. The van der Waals surface area contributed by atoms with E-state index >= 15 is 0 Å². The summed E-state index contributed by atoms with van der Waals surface area (Å²) in [5.74, 6) is 0.624. The van der Waals surface area contributed by atoms with Gasteiger partial charge in [-0.2, -0.15) is 5.10 Å². The van der Waals surface area contributed by atoms with Gasteiger partial charge in [0.1, 0.15) is 0 Å². The van der Waals surface area contributed by atoms with Gasteiger partial charge in [-0.1, -0.05) is 11.8 Å². The lowest BCUT2D eigenvalue weighted by molar-refractivity contribution is -0.115. The summed E-state index contributed by atoms with van der Waals surface area (Å²) in [4.78, 5) is 12.4. The third-order valence-corrected chi connectivity index (χ3v) is 4.48. The summed E-state index contributed by atoms with van der Waals surface area (Å²) in [5, 5.41) is 14.9. The molecule has 126 valence electrons. The highest BCUT2D eigenvalue weighted by molar-refractivity contribution is 8.00. The third kappa shape index (κ3) is 3.21. The van der Waals surface area contributed by atoms with E-state index in [-0.39, 0.29) is 11.8 Å². The van der Waals surface area contributed by atoms with Gasteiger partial charge in [-0.05, 0) is 32.9 Å². The summed E-state index contributed by atoms with van der Waals surface area (Å²) in [5.41, 5.74) is 2.41. The fourth-order valence-electron chi connectivity index (χ4n) is 2.14. The van der Waals surface area contributed by atoms with Crippen molar-refractivity contribution in [3.8, 4) is 11.7 Å². The largest absolute Gasteiger partial charge is 0.459 e. The minimum Gasteiger partial charge on any atom is -0.459 e. The average molecular weight is 347 g/mol. The molecule has 8 nitrogen and oxygen atoms in total. The zero-order valence-corrected chi connectivity index (χ0v) is 14.5. The van der Waals surface area contributed by atoms with E-state index in [9.17, 15) is 4.79 Å². The van der Waals surface area contributed by atoms with Gasteiger partial charge in [-0.15, -0.1) is 10.2 Å². The second kappa shape index (κ2) is 6.52. The number of hydrogen-bond acceptors (Lipinski definition) is 7.